The molecule has 1 amide bonds. The van der Waals surface area contributed by atoms with E-state index in [4.69, 9.17) is 16.3 Å². The maximum atomic E-state index is 13.2. The van der Waals surface area contributed by atoms with Gasteiger partial charge in [-0.05, 0) is 47.8 Å². The van der Waals surface area contributed by atoms with Crippen LogP contribution in [-0.4, -0.2) is 22.2 Å². The molecule has 7 nitrogen and oxygen atoms in total. The van der Waals surface area contributed by atoms with Crippen LogP contribution in [0, 0.1) is 0 Å². The fourth-order valence-corrected chi connectivity index (χ4v) is 4.05. The van der Waals surface area contributed by atoms with E-state index in [9.17, 15) is 14.4 Å². The highest BCUT2D eigenvalue weighted by Crippen LogP contribution is 2.19. The first-order valence-corrected chi connectivity index (χ1v) is 10.2. The van der Waals surface area contributed by atoms with Crippen molar-refractivity contribution in [2.24, 2.45) is 0 Å². The summed E-state index contributed by atoms with van der Waals surface area (Å²) in [5.41, 5.74) is 0.304. The van der Waals surface area contributed by atoms with Gasteiger partial charge in [-0.25, -0.2) is 9.36 Å². The maximum absolute atomic E-state index is 13.2. The van der Waals surface area contributed by atoms with Crippen molar-refractivity contribution in [3.05, 3.63) is 85.8 Å². The van der Waals surface area contributed by atoms with Crippen molar-refractivity contribution >= 4 is 44.7 Å². The molecule has 4 aromatic rings. The van der Waals surface area contributed by atoms with Crippen molar-refractivity contribution in [2.75, 3.05) is 12.4 Å². The average molecular weight is 442 g/mol. The Bertz CT molecular complexity index is 1360. The fraction of sp³-hybridized carbons (Fsp3) is 0.0952. The van der Waals surface area contributed by atoms with E-state index in [1.54, 1.807) is 60.0 Å². The second-order valence-electron chi connectivity index (χ2n) is 6.40. The summed E-state index contributed by atoms with van der Waals surface area (Å²) in [7, 11) is 1.54. The van der Waals surface area contributed by atoms with E-state index in [2.05, 4.69) is 5.32 Å². The average Bonchev–Trinajstić information content (AvgIpc) is 3.23. The summed E-state index contributed by atoms with van der Waals surface area (Å²) < 4.78 is 7.88. The molecule has 0 spiro atoms. The predicted molar refractivity (Wildman–Crippen MR) is 118 cm³/mol. The lowest BCUT2D eigenvalue weighted by molar-refractivity contribution is -0.116. The van der Waals surface area contributed by atoms with Crippen molar-refractivity contribution in [3.8, 4) is 11.4 Å². The summed E-state index contributed by atoms with van der Waals surface area (Å²) in [5, 5.41) is 4.95. The highest BCUT2D eigenvalue weighted by Gasteiger charge is 2.17. The number of carbonyl (C=O) groups is 1. The zero-order valence-electron chi connectivity index (χ0n) is 15.8. The van der Waals surface area contributed by atoms with Crippen LogP contribution in [0.3, 0.4) is 0 Å². The molecule has 0 saturated heterocycles. The van der Waals surface area contributed by atoms with E-state index >= 15 is 0 Å². The number of nitrogens with zero attached hydrogens (tertiary/aromatic N) is 2. The van der Waals surface area contributed by atoms with Crippen molar-refractivity contribution < 1.29 is 9.53 Å². The number of fused-ring (bicyclic) bond motifs is 1. The van der Waals surface area contributed by atoms with Gasteiger partial charge in [-0.2, -0.15) is 0 Å². The third-order valence-electron chi connectivity index (χ3n) is 4.49. The Morgan fingerprint density at radius 1 is 1.13 bits per heavy atom. The Labute approximate surface area is 179 Å². The molecule has 0 aliphatic rings. The third kappa shape index (κ3) is 3.74. The first-order chi connectivity index (χ1) is 14.5. The van der Waals surface area contributed by atoms with Crippen LogP contribution in [0.2, 0.25) is 5.02 Å². The Kier molecular flexibility index (Phi) is 5.43. The first-order valence-electron chi connectivity index (χ1n) is 8.91. The molecular weight excluding hydrogens is 426 g/mol. The van der Waals surface area contributed by atoms with Crippen LogP contribution in [0.5, 0.6) is 5.75 Å². The smallest absolute Gasteiger partial charge is 0.336 e. The van der Waals surface area contributed by atoms with Crippen molar-refractivity contribution in [1.29, 1.82) is 0 Å². The number of nitrogens with one attached hydrogen (secondary N) is 1. The number of ether oxygens (including phenoxy) is 1. The van der Waals surface area contributed by atoms with Crippen LogP contribution in [0.15, 0.2) is 69.6 Å². The van der Waals surface area contributed by atoms with Gasteiger partial charge in [-0.1, -0.05) is 17.7 Å². The SMILES string of the molecule is COc1cccc(NC(=O)Cn2c(=O)n(-c3ccc(Cl)cc3)c(=O)c3sccc32)c1. The molecule has 0 unspecified atom stereocenters. The van der Waals surface area contributed by atoms with Crippen LogP contribution in [0.1, 0.15) is 0 Å². The number of hydrogen-bond acceptors (Lipinski definition) is 5. The van der Waals surface area contributed by atoms with Crippen molar-refractivity contribution in [1.82, 2.24) is 9.13 Å². The number of aromatic nitrogens is 2. The minimum atomic E-state index is -0.603. The molecule has 4 rings (SSSR count). The Morgan fingerprint density at radius 3 is 2.63 bits per heavy atom. The lowest BCUT2D eigenvalue weighted by Crippen LogP contribution is -2.40. The summed E-state index contributed by atoms with van der Waals surface area (Å²) >= 11 is 7.14. The lowest BCUT2D eigenvalue weighted by Gasteiger charge is -2.13. The normalized spacial score (nSPS) is 10.9. The second kappa shape index (κ2) is 8.17. The highest BCUT2D eigenvalue weighted by molar-refractivity contribution is 7.17. The van der Waals surface area contributed by atoms with Gasteiger partial charge in [-0.3, -0.25) is 14.2 Å². The molecule has 2 aromatic heterocycles. The van der Waals surface area contributed by atoms with Gasteiger partial charge in [0.15, 0.2) is 0 Å². The van der Waals surface area contributed by atoms with Gasteiger partial charge in [0.05, 0.1) is 18.3 Å². The standard InChI is InChI=1S/C21H16ClN3O4S/c1-29-16-4-2-3-14(11-16)23-18(26)12-24-17-9-10-30-19(17)20(27)25(21(24)28)15-7-5-13(22)6-8-15/h2-11H,12H2,1H3,(H,23,26). The zero-order chi connectivity index (χ0) is 21.3. The molecule has 0 aliphatic carbocycles. The molecule has 1 N–H and O–H groups in total. The Morgan fingerprint density at radius 2 is 1.90 bits per heavy atom. The number of rotatable bonds is 5. The molecule has 0 fully saturated rings. The van der Waals surface area contributed by atoms with E-state index < -0.39 is 17.2 Å². The van der Waals surface area contributed by atoms with E-state index in [0.29, 0.717) is 32.4 Å². The molecule has 2 heterocycles. The maximum Gasteiger partial charge on any atom is 0.336 e. The fourth-order valence-electron chi connectivity index (χ4n) is 3.10. The molecule has 0 radical (unpaired) electrons. The van der Waals surface area contributed by atoms with Gasteiger partial charge in [0.1, 0.15) is 17.0 Å². The Hall–Kier alpha value is -3.36. The quantitative estimate of drug-likeness (QED) is 0.513. The molecule has 0 atom stereocenters. The van der Waals surface area contributed by atoms with Gasteiger partial charge in [0.25, 0.3) is 5.56 Å². The van der Waals surface area contributed by atoms with Gasteiger partial charge in [0, 0.05) is 16.8 Å². The first kappa shape index (κ1) is 19.9. The molecule has 9 heteroatoms. The summed E-state index contributed by atoms with van der Waals surface area (Å²) in [4.78, 5) is 38.7. The number of methoxy groups -OCH3 is 1. The minimum Gasteiger partial charge on any atom is -0.497 e. The molecule has 0 aliphatic heterocycles. The third-order valence-corrected chi connectivity index (χ3v) is 5.64. The van der Waals surface area contributed by atoms with Crippen LogP contribution in [0.4, 0.5) is 5.69 Å². The largest absolute Gasteiger partial charge is 0.497 e. The number of benzene rings is 2. The number of anilines is 1. The number of amides is 1. The van der Waals surface area contributed by atoms with Crippen LogP contribution >= 0.6 is 22.9 Å². The highest BCUT2D eigenvalue weighted by atomic mass is 35.5. The van der Waals surface area contributed by atoms with E-state index in [0.717, 1.165) is 4.57 Å². The molecule has 30 heavy (non-hydrogen) atoms. The monoisotopic (exact) mass is 441 g/mol. The minimum absolute atomic E-state index is 0.253. The van der Waals surface area contributed by atoms with Crippen LogP contribution < -0.4 is 21.3 Å². The van der Waals surface area contributed by atoms with E-state index in [1.165, 1.54) is 23.0 Å². The van der Waals surface area contributed by atoms with Crippen molar-refractivity contribution in [3.63, 3.8) is 0 Å². The lowest BCUT2D eigenvalue weighted by atomic mass is 10.3. The van der Waals surface area contributed by atoms with Crippen LogP contribution in [0.25, 0.3) is 15.9 Å². The summed E-state index contributed by atoms with van der Waals surface area (Å²) in [5.74, 6) is 0.195. The number of hydrogen-bond donors (Lipinski definition) is 1. The topological polar surface area (TPSA) is 82.3 Å². The van der Waals surface area contributed by atoms with E-state index in [1.807, 2.05) is 0 Å². The van der Waals surface area contributed by atoms with Gasteiger partial charge >= 0.3 is 5.69 Å². The van der Waals surface area contributed by atoms with E-state index in [-0.39, 0.29) is 6.54 Å². The van der Waals surface area contributed by atoms with Crippen molar-refractivity contribution in [2.45, 2.75) is 6.54 Å². The van der Waals surface area contributed by atoms with Gasteiger partial charge in [-0.15, -0.1) is 11.3 Å². The van der Waals surface area contributed by atoms with Gasteiger partial charge in [0.2, 0.25) is 5.91 Å². The summed E-state index contributed by atoms with van der Waals surface area (Å²) in [6, 6.07) is 14.9. The molecular formula is C21H16ClN3O4S. The number of carbonyl (C=O) groups excluding carboxylic acids is 1. The summed E-state index contributed by atoms with van der Waals surface area (Å²) in [6.07, 6.45) is 0. The number of thiophene rings is 1. The molecule has 152 valence electrons. The second-order valence-corrected chi connectivity index (χ2v) is 7.75. The van der Waals surface area contributed by atoms with Crippen LogP contribution in [-0.2, 0) is 11.3 Å². The van der Waals surface area contributed by atoms with Gasteiger partial charge < -0.3 is 10.1 Å². The molecule has 0 saturated carbocycles. The summed E-state index contributed by atoms with van der Waals surface area (Å²) in [6.45, 7) is -0.253. The Balaban J connectivity index is 1.76. The zero-order valence-corrected chi connectivity index (χ0v) is 17.4. The number of halogens is 1. The molecule has 0 bridgehead atoms. The predicted octanol–water partition coefficient (Wildman–Crippen LogP) is 3.51. The molecule has 2 aromatic carbocycles.